The average Bonchev–Trinajstić information content (AvgIpc) is 3.46. The summed E-state index contributed by atoms with van der Waals surface area (Å²) in [5.74, 6) is 2.70. The zero-order chi connectivity index (χ0) is 24.3. The zero-order valence-electron chi connectivity index (χ0n) is 20.4. The Hall–Kier alpha value is -3.22. The Morgan fingerprint density at radius 3 is 2.50 bits per heavy atom. The van der Waals surface area contributed by atoms with Crippen LogP contribution in [0.15, 0.2) is 47.4 Å². The maximum absolute atomic E-state index is 13.4. The first-order valence-electron chi connectivity index (χ1n) is 12.1. The third-order valence-corrected chi connectivity index (χ3v) is 5.83. The molecular weight excluding hydrogens is 432 g/mol. The van der Waals surface area contributed by atoms with Gasteiger partial charge in [-0.2, -0.15) is 0 Å². The van der Waals surface area contributed by atoms with Crippen LogP contribution in [0, 0.1) is 6.92 Å². The Balaban J connectivity index is 1.68. The molecule has 0 saturated carbocycles. The monoisotopic (exact) mass is 468 g/mol. The highest BCUT2D eigenvalue weighted by Crippen LogP contribution is 2.33. The molecular formula is C27H36N2O5. The van der Waals surface area contributed by atoms with E-state index in [1.54, 1.807) is 15.9 Å². The highest BCUT2D eigenvalue weighted by Gasteiger charge is 2.23. The average molecular weight is 469 g/mol. The zero-order valence-corrected chi connectivity index (χ0v) is 20.4. The number of aryl methyl sites for hydroxylation is 1. The minimum absolute atomic E-state index is 0.00402. The van der Waals surface area contributed by atoms with Crippen LogP contribution in [0.5, 0.6) is 11.5 Å². The van der Waals surface area contributed by atoms with Crippen LogP contribution in [0.1, 0.15) is 62.5 Å². The highest BCUT2D eigenvalue weighted by molar-refractivity contribution is 5.85. The summed E-state index contributed by atoms with van der Waals surface area (Å²) in [6.45, 7) is 9.03. The molecule has 0 N–H and O–H groups in total. The summed E-state index contributed by atoms with van der Waals surface area (Å²) in [5.41, 5.74) is 0.915. The van der Waals surface area contributed by atoms with E-state index in [1.165, 1.54) is 12.8 Å². The molecule has 1 aliphatic heterocycles. The van der Waals surface area contributed by atoms with Crippen molar-refractivity contribution in [3.05, 3.63) is 60.1 Å². The molecule has 0 bridgehead atoms. The number of benzene rings is 1. The minimum Gasteiger partial charge on any atom is -0.464 e. The van der Waals surface area contributed by atoms with E-state index < -0.39 is 0 Å². The number of unbranched alkanes of at least 4 members (excludes halogenated alkanes) is 4. The van der Waals surface area contributed by atoms with Crippen LogP contribution >= 0.6 is 0 Å². The van der Waals surface area contributed by atoms with Gasteiger partial charge in [-0.3, -0.25) is 9.59 Å². The lowest BCUT2D eigenvalue weighted by Gasteiger charge is -2.27. The maximum atomic E-state index is 13.4. The van der Waals surface area contributed by atoms with Gasteiger partial charge in [0.05, 0.1) is 6.54 Å². The number of hydrogen-bond acceptors (Lipinski definition) is 5. The van der Waals surface area contributed by atoms with Crippen molar-refractivity contribution in [3.63, 3.8) is 0 Å². The van der Waals surface area contributed by atoms with Crippen LogP contribution in [0.25, 0.3) is 0 Å². The summed E-state index contributed by atoms with van der Waals surface area (Å²) in [7, 11) is 0. The third kappa shape index (κ3) is 7.40. The fourth-order valence-electron chi connectivity index (χ4n) is 3.96. The van der Waals surface area contributed by atoms with E-state index >= 15 is 0 Å². The second-order valence-corrected chi connectivity index (χ2v) is 8.68. The second kappa shape index (κ2) is 12.9. The van der Waals surface area contributed by atoms with Gasteiger partial charge in [-0.25, -0.2) is 0 Å². The first-order valence-corrected chi connectivity index (χ1v) is 12.1. The quantitative estimate of drug-likeness (QED) is 0.281. The summed E-state index contributed by atoms with van der Waals surface area (Å²) in [5, 5.41) is 0. The van der Waals surface area contributed by atoms with Crippen LogP contribution in [0.2, 0.25) is 0 Å². The second-order valence-electron chi connectivity index (χ2n) is 8.68. The largest absolute Gasteiger partial charge is 0.464 e. The van der Waals surface area contributed by atoms with E-state index in [9.17, 15) is 9.59 Å². The smallest absolute Gasteiger partial charge is 0.242 e. The number of carbonyl (C=O) groups is 2. The van der Waals surface area contributed by atoms with E-state index in [0.29, 0.717) is 43.3 Å². The van der Waals surface area contributed by atoms with Crippen LogP contribution in [-0.2, 0) is 22.7 Å². The maximum Gasteiger partial charge on any atom is 0.242 e. The molecule has 1 aliphatic rings. The van der Waals surface area contributed by atoms with Gasteiger partial charge in [0.15, 0.2) is 11.5 Å². The molecule has 0 fully saturated rings. The SMILES string of the molecule is C=CCN(CC(=O)N(Cc1ccc2c(c1)OCO2)Cc1ccc(C)o1)C(=O)CCCCCCC. The molecule has 2 amide bonds. The Labute approximate surface area is 202 Å². The van der Waals surface area contributed by atoms with Gasteiger partial charge in [-0.15, -0.1) is 6.58 Å². The normalized spacial score (nSPS) is 11.9. The van der Waals surface area contributed by atoms with E-state index in [-0.39, 0.29) is 25.2 Å². The van der Waals surface area contributed by atoms with Crippen molar-refractivity contribution in [1.29, 1.82) is 0 Å². The Morgan fingerprint density at radius 1 is 0.971 bits per heavy atom. The van der Waals surface area contributed by atoms with Crippen LogP contribution < -0.4 is 9.47 Å². The molecule has 7 nitrogen and oxygen atoms in total. The Bertz CT molecular complexity index is 968. The van der Waals surface area contributed by atoms with Gasteiger partial charge < -0.3 is 23.7 Å². The van der Waals surface area contributed by atoms with Crippen molar-refractivity contribution in [2.75, 3.05) is 19.9 Å². The molecule has 3 rings (SSSR count). The standard InChI is InChI=1S/C27H36N2O5/c1-4-6-7-8-9-10-26(30)28(15-5-2)19-27(31)29(18-23-13-11-21(3)34-23)17-22-12-14-24-25(16-22)33-20-32-24/h5,11-14,16H,2,4,6-10,15,17-20H2,1,3H3. The van der Waals surface area contributed by atoms with Crippen LogP contribution in [-0.4, -0.2) is 41.5 Å². The predicted octanol–water partition coefficient (Wildman–Crippen LogP) is 5.22. The van der Waals surface area contributed by atoms with Gasteiger partial charge in [-0.1, -0.05) is 44.7 Å². The lowest BCUT2D eigenvalue weighted by atomic mass is 10.1. The lowest BCUT2D eigenvalue weighted by Crippen LogP contribution is -2.42. The minimum atomic E-state index is -0.145. The number of furan rings is 1. The number of amides is 2. The molecule has 0 saturated heterocycles. The molecule has 1 aromatic carbocycles. The molecule has 1 aromatic heterocycles. The summed E-state index contributed by atoms with van der Waals surface area (Å²) < 4.78 is 16.6. The molecule has 0 unspecified atom stereocenters. The first kappa shape index (κ1) is 25.4. The molecule has 7 heteroatoms. The fourth-order valence-corrected chi connectivity index (χ4v) is 3.96. The summed E-state index contributed by atoms with van der Waals surface area (Å²) in [6, 6.07) is 9.41. The third-order valence-electron chi connectivity index (χ3n) is 5.83. The number of fused-ring (bicyclic) bond motifs is 1. The summed E-state index contributed by atoms with van der Waals surface area (Å²) in [6.07, 6.45) is 7.47. The topological polar surface area (TPSA) is 72.2 Å². The van der Waals surface area contributed by atoms with Gasteiger partial charge >= 0.3 is 0 Å². The summed E-state index contributed by atoms with van der Waals surface area (Å²) in [4.78, 5) is 29.5. The van der Waals surface area contributed by atoms with Crippen LogP contribution in [0.3, 0.4) is 0 Å². The van der Waals surface area contributed by atoms with Crippen LogP contribution in [0.4, 0.5) is 0 Å². The fraction of sp³-hybridized carbons (Fsp3) is 0.481. The molecule has 2 heterocycles. The number of ether oxygens (including phenoxy) is 2. The summed E-state index contributed by atoms with van der Waals surface area (Å²) >= 11 is 0. The van der Waals surface area contributed by atoms with Gasteiger partial charge in [0, 0.05) is 19.5 Å². The highest BCUT2D eigenvalue weighted by atomic mass is 16.7. The van der Waals surface area contributed by atoms with Crippen molar-refractivity contribution in [2.45, 2.75) is 65.5 Å². The number of carbonyl (C=O) groups excluding carboxylic acids is 2. The lowest BCUT2D eigenvalue weighted by molar-refractivity contribution is -0.141. The molecule has 2 aromatic rings. The Morgan fingerprint density at radius 2 is 1.76 bits per heavy atom. The number of rotatable bonds is 14. The predicted molar refractivity (Wildman–Crippen MR) is 130 cm³/mol. The van der Waals surface area contributed by atoms with Crippen molar-refractivity contribution in [2.24, 2.45) is 0 Å². The number of hydrogen-bond donors (Lipinski definition) is 0. The number of nitrogens with zero attached hydrogens (tertiary/aromatic N) is 2. The van der Waals surface area contributed by atoms with E-state index in [1.807, 2.05) is 37.3 Å². The van der Waals surface area contributed by atoms with Gasteiger partial charge in [0.1, 0.15) is 18.1 Å². The van der Waals surface area contributed by atoms with Gasteiger partial charge in [0.2, 0.25) is 18.6 Å². The van der Waals surface area contributed by atoms with Crippen molar-refractivity contribution < 1.29 is 23.5 Å². The molecule has 0 spiro atoms. The van der Waals surface area contributed by atoms with Crippen molar-refractivity contribution in [3.8, 4) is 11.5 Å². The molecule has 34 heavy (non-hydrogen) atoms. The molecule has 184 valence electrons. The van der Waals surface area contributed by atoms with Crippen molar-refractivity contribution >= 4 is 11.8 Å². The van der Waals surface area contributed by atoms with Gasteiger partial charge in [-0.05, 0) is 43.2 Å². The van der Waals surface area contributed by atoms with E-state index in [4.69, 9.17) is 13.9 Å². The molecule has 0 aliphatic carbocycles. The van der Waals surface area contributed by atoms with Crippen molar-refractivity contribution in [1.82, 2.24) is 9.80 Å². The van der Waals surface area contributed by atoms with Gasteiger partial charge in [0.25, 0.3) is 0 Å². The van der Waals surface area contributed by atoms with E-state index in [2.05, 4.69) is 13.5 Å². The molecule has 0 atom stereocenters. The molecule has 0 radical (unpaired) electrons. The Kier molecular flexibility index (Phi) is 9.62. The first-order chi connectivity index (χ1) is 16.5. The van der Waals surface area contributed by atoms with E-state index in [0.717, 1.165) is 30.6 Å².